The van der Waals surface area contributed by atoms with Crippen LogP contribution in [0.15, 0.2) is 30.3 Å². The molecule has 1 aromatic carbocycles. The van der Waals surface area contributed by atoms with Crippen LogP contribution in [0.5, 0.6) is 0 Å². The van der Waals surface area contributed by atoms with Crippen molar-refractivity contribution in [2.75, 3.05) is 39.3 Å². The molecule has 0 aliphatic carbocycles. The Balaban J connectivity index is 1.34. The van der Waals surface area contributed by atoms with Gasteiger partial charge in [0.1, 0.15) is 0 Å². The first-order valence-electron chi connectivity index (χ1n) is 7.54. The molecule has 2 N–H and O–H groups in total. The van der Waals surface area contributed by atoms with Crippen LogP contribution in [-0.2, 0) is 11.3 Å². The maximum Gasteiger partial charge on any atom is 0.0900 e. The number of rotatable bonds is 6. The fourth-order valence-electron chi connectivity index (χ4n) is 3.34. The van der Waals surface area contributed by atoms with Gasteiger partial charge in [0.25, 0.3) is 0 Å². The Bertz CT molecular complexity index is 400. The molecule has 2 heterocycles. The van der Waals surface area contributed by atoms with E-state index in [1.807, 2.05) is 30.3 Å². The lowest BCUT2D eigenvalue weighted by molar-refractivity contribution is 0.0124. The first-order chi connectivity index (χ1) is 9.81. The SMILES string of the molecule is OC(COCc1ccccc1)CN1C[C@H]2CNC[C@H]2C1. The van der Waals surface area contributed by atoms with Crippen molar-refractivity contribution in [3.8, 4) is 0 Å². The van der Waals surface area contributed by atoms with E-state index in [4.69, 9.17) is 4.74 Å². The second-order valence-corrected chi connectivity index (χ2v) is 6.05. The summed E-state index contributed by atoms with van der Waals surface area (Å²) < 4.78 is 5.60. The zero-order valence-corrected chi connectivity index (χ0v) is 11.9. The highest BCUT2D eigenvalue weighted by molar-refractivity contribution is 5.13. The molecule has 2 saturated heterocycles. The van der Waals surface area contributed by atoms with E-state index >= 15 is 0 Å². The van der Waals surface area contributed by atoms with E-state index < -0.39 is 0 Å². The summed E-state index contributed by atoms with van der Waals surface area (Å²) in [7, 11) is 0. The van der Waals surface area contributed by atoms with E-state index in [0.717, 1.165) is 50.1 Å². The van der Waals surface area contributed by atoms with Crippen LogP contribution in [0.1, 0.15) is 5.56 Å². The Morgan fingerprint density at radius 3 is 2.60 bits per heavy atom. The third-order valence-electron chi connectivity index (χ3n) is 4.36. The number of nitrogens with zero attached hydrogens (tertiary/aromatic N) is 1. The van der Waals surface area contributed by atoms with Crippen molar-refractivity contribution in [2.45, 2.75) is 12.7 Å². The van der Waals surface area contributed by atoms with Crippen LogP contribution < -0.4 is 5.32 Å². The van der Waals surface area contributed by atoms with Crippen molar-refractivity contribution in [2.24, 2.45) is 11.8 Å². The van der Waals surface area contributed by atoms with Gasteiger partial charge in [-0.2, -0.15) is 0 Å². The number of ether oxygens (including phenoxy) is 1. The Labute approximate surface area is 120 Å². The molecular formula is C16H24N2O2. The standard InChI is InChI=1S/C16H24N2O2/c19-16(12-20-11-13-4-2-1-3-5-13)10-18-8-14-6-17-7-15(14)9-18/h1-5,14-17,19H,6-12H2/t14-,15+,16?. The van der Waals surface area contributed by atoms with Crippen LogP contribution in [0.3, 0.4) is 0 Å². The summed E-state index contributed by atoms with van der Waals surface area (Å²) >= 11 is 0. The highest BCUT2D eigenvalue weighted by Gasteiger charge is 2.36. The van der Waals surface area contributed by atoms with E-state index in [0.29, 0.717) is 13.2 Å². The van der Waals surface area contributed by atoms with E-state index in [2.05, 4.69) is 10.2 Å². The zero-order chi connectivity index (χ0) is 13.8. The first-order valence-corrected chi connectivity index (χ1v) is 7.54. The molecule has 3 rings (SSSR count). The minimum atomic E-state index is -0.384. The molecule has 20 heavy (non-hydrogen) atoms. The second kappa shape index (κ2) is 6.68. The van der Waals surface area contributed by atoms with Gasteiger partial charge in [0.15, 0.2) is 0 Å². The number of hydrogen-bond donors (Lipinski definition) is 2. The molecular weight excluding hydrogens is 252 g/mol. The van der Waals surface area contributed by atoms with Crippen LogP contribution >= 0.6 is 0 Å². The van der Waals surface area contributed by atoms with E-state index in [-0.39, 0.29) is 6.10 Å². The number of nitrogens with one attached hydrogen (secondary N) is 1. The molecule has 110 valence electrons. The first kappa shape index (κ1) is 14.0. The molecule has 4 heteroatoms. The molecule has 1 aromatic rings. The molecule has 0 amide bonds. The average molecular weight is 276 g/mol. The van der Waals surface area contributed by atoms with Crippen LogP contribution in [0.2, 0.25) is 0 Å². The monoisotopic (exact) mass is 276 g/mol. The van der Waals surface area contributed by atoms with Crippen LogP contribution in [0.25, 0.3) is 0 Å². The predicted octanol–water partition coefficient (Wildman–Crippen LogP) is 0.715. The van der Waals surface area contributed by atoms with Crippen LogP contribution in [0.4, 0.5) is 0 Å². The van der Waals surface area contributed by atoms with Gasteiger partial charge in [-0.25, -0.2) is 0 Å². The molecule has 2 aliphatic heterocycles. The van der Waals surface area contributed by atoms with Crippen molar-refractivity contribution < 1.29 is 9.84 Å². The van der Waals surface area contributed by atoms with Gasteiger partial charge in [0.2, 0.25) is 0 Å². The van der Waals surface area contributed by atoms with Crippen LogP contribution in [0, 0.1) is 11.8 Å². The van der Waals surface area contributed by atoms with E-state index in [9.17, 15) is 5.11 Å². The number of benzene rings is 1. The fraction of sp³-hybridized carbons (Fsp3) is 0.625. The highest BCUT2D eigenvalue weighted by atomic mass is 16.5. The van der Waals surface area contributed by atoms with Gasteiger partial charge in [-0.1, -0.05) is 30.3 Å². The van der Waals surface area contributed by atoms with Crippen molar-refractivity contribution in [1.82, 2.24) is 10.2 Å². The highest BCUT2D eigenvalue weighted by Crippen LogP contribution is 2.26. The van der Waals surface area contributed by atoms with Crippen molar-refractivity contribution in [1.29, 1.82) is 0 Å². The molecule has 4 nitrogen and oxygen atoms in total. The van der Waals surface area contributed by atoms with E-state index in [1.165, 1.54) is 0 Å². The quantitative estimate of drug-likeness (QED) is 0.803. The summed E-state index contributed by atoms with van der Waals surface area (Å²) in [6, 6.07) is 10.1. The third kappa shape index (κ3) is 3.58. The lowest BCUT2D eigenvalue weighted by atomic mass is 10.0. The summed E-state index contributed by atoms with van der Waals surface area (Å²) in [6.07, 6.45) is -0.384. The van der Waals surface area contributed by atoms with Gasteiger partial charge in [0, 0.05) is 19.6 Å². The maximum atomic E-state index is 10.1. The minimum Gasteiger partial charge on any atom is -0.389 e. The zero-order valence-electron chi connectivity index (χ0n) is 11.9. The fourth-order valence-corrected chi connectivity index (χ4v) is 3.34. The Morgan fingerprint density at radius 1 is 1.20 bits per heavy atom. The second-order valence-electron chi connectivity index (χ2n) is 6.05. The summed E-state index contributed by atoms with van der Waals surface area (Å²) in [5.74, 6) is 1.57. The normalized spacial score (nSPS) is 27.6. The van der Waals surface area contributed by atoms with E-state index in [1.54, 1.807) is 0 Å². The Hall–Kier alpha value is -0.940. The summed E-state index contributed by atoms with van der Waals surface area (Å²) in [4.78, 5) is 2.38. The average Bonchev–Trinajstić information content (AvgIpc) is 3.01. The number of aliphatic hydroxyl groups is 1. The molecule has 2 fully saturated rings. The predicted molar refractivity (Wildman–Crippen MR) is 78.4 cm³/mol. The number of likely N-dealkylation sites (tertiary alicyclic amines) is 1. The van der Waals surface area contributed by atoms with Gasteiger partial charge >= 0.3 is 0 Å². The number of aliphatic hydroxyl groups excluding tert-OH is 1. The Kier molecular flexibility index (Phi) is 4.68. The molecule has 3 atom stereocenters. The van der Waals surface area contributed by atoms with Gasteiger partial charge in [-0.05, 0) is 30.5 Å². The molecule has 2 aliphatic rings. The summed E-state index contributed by atoms with van der Waals surface area (Å²) in [5, 5.41) is 13.5. The smallest absolute Gasteiger partial charge is 0.0900 e. The molecule has 1 unspecified atom stereocenters. The lowest BCUT2D eigenvalue weighted by Gasteiger charge is -2.20. The molecule has 0 bridgehead atoms. The number of β-amino-alcohol motifs (C(OH)–C–C–N with tert-alkyl or cyclic N) is 1. The van der Waals surface area contributed by atoms with Crippen LogP contribution in [-0.4, -0.2) is 55.4 Å². The summed E-state index contributed by atoms with van der Waals surface area (Å²) in [5.41, 5.74) is 1.15. The minimum absolute atomic E-state index is 0.384. The van der Waals surface area contributed by atoms with Crippen molar-refractivity contribution >= 4 is 0 Å². The van der Waals surface area contributed by atoms with Gasteiger partial charge in [-0.3, -0.25) is 0 Å². The summed E-state index contributed by atoms with van der Waals surface area (Å²) in [6.45, 7) is 6.25. The maximum absolute atomic E-state index is 10.1. The Morgan fingerprint density at radius 2 is 1.90 bits per heavy atom. The topological polar surface area (TPSA) is 44.7 Å². The van der Waals surface area contributed by atoms with Crippen molar-refractivity contribution in [3.05, 3.63) is 35.9 Å². The van der Waals surface area contributed by atoms with Gasteiger partial charge in [0.05, 0.1) is 19.3 Å². The molecule has 0 spiro atoms. The van der Waals surface area contributed by atoms with Gasteiger partial charge in [-0.15, -0.1) is 0 Å². The van der Waals surface area contributed by atoms with Crippen molar-refractivity contribution in [3.63, 3.8) is 0 Å². The number of fused-ring (bicyclic) bond motifs is 1. The number of hydrogen-bond acceptors (Lipinski definition) is 4. The molecule has 0 aromatic heterocycles. The molecule has 0 saturated carbocycles. The third-order valence-corrected chi connectivity index (χ3v) is 4.36. The molecule has 0 radical (unpaired) electrons. The van der Waals surface area contributed by atoms with Gasteiger partial charge < -0.3 is 20.1 Å². The largest absolute Gasteiger partial charge is 0.389 e. The lowest BCUT2D eigenvalue weighted by Crippen LogP contribution is -2.35.